The molecular weight excluding hydrogens is 250 g/mol. The highest BCUT2D eigenvalue weighted by molar-refractivity contribution is 9.10. The molecule has 14 heavy (non-hydrogen) atoms. The maximum atomic E-state index is 5.25. The van der Waals surface area contributed by atoms with E-state index in [1.54, 1.807) is 12.4 Å². The number of rotatable bonds is 3. The lowest BCUT2D eigenvalue weighted by Gasteiger charge is -2.00. The fourth-order valence-electron chi connectivity index (χ4n) is 0.835. The van der Waals surface area contributed by atoms with Gasteiger partial charge < -0.3 is 9.15 Å². The number of halogens is 1. The Hall–Kier alpha value is -1.43. The van der Waals surface area contributed by atoms with Gasteiger partial charge in [0.15, 0.2) is 6.61 Å². The number of oxazole rings is 1. The molecule has 0 radical (unpaired) electrons. The van der Waals surface area contributed by atoms with Crippen molar-refractivity contribution in [2.45, 2.75) is 6.61 Å². The van der Waals surface area contributed by atoms with Gasteiger partial charge in [0.2, 0.25) is 11.8 Å². The molecule has 0 saturated carbocycles. The van der Waals surface area contributed by atoms with Crippen LogP contribution < -0.4 is 4.74 Å². The van der Waals surface area contributed by atoms with Gasteiger partial charge in [0, 0.05) is 0 Å². The predicted octanol–water partition coefficient (Wildman–Crippen LogP) is 1.81. The molecule has 0 saturated heterocycles. The lowest BCUT2D eigenvalue weighted by atomic mass is 10.7. The number of ether oxygens (including phenoxy) is 1. The standard InChI is InChI=1S/C8H6BrN3O2/c9-6-3-12-7(4-11-6)14-5-8-10-1-2-13-8/h1-4H,5H2. The Morgan fingerprint density at radius 3 is 2.86 bits per heavy atom. The largest absolute Gasteiger partial charge is 0.467 e. The third-order valence-electron chi connectivity index (χ3n) is 1.42. The van der Waals surface area contributed by atoms with Gasteiger partial charge in [-0.15, -0.1) is 0 Å². The third-order valence-corrected chi connectivity index (χ3v) is 1.83. The molecule has 0 aliphatic carbocycles. The first kappa shape index (κ1) is 9.14. The Balaban J connectivity index is 1.95. The van der Waals surface area contributed by atoms with Crippen molar-refractivity contribution in [3.63, 3.8) is 0 Å². The summed E-state index contributed by atoms with van der Waals surface area (Å²) in [5, 5.41) is 0. The van der Waals surface area contributed by atoms with E-state index in [4.69, 9.17) is 9.15 Å². The van der Waals surface area contributed by atoms with Gasteiger partial charge in [0.25, 0.3) is 0 Å². The van der Waals surface area contributed by atoms with Gasteiger partial charge in [-0.1, -0.05) is 0 Å². The smallest absolute Gasteiger partial charge is 0.232 e. The molecule has 6 heteroatoms. The van der Waals surface area contributed by atoms with Crippen molar-refractivity contribution in [1.29, 1.82) is 0 Å². The van der Waals surface area contributed by atoms with Gasteiger partial charge in [-0.2, -0.15) is 0 Å². The normalized spacial score (nSPS) is 10.1. The summed E-state index contributed by atoms with van der Waals surface area (Å²) in [4.78, 5) is 11.8. The van der Waals surface area contributed by atoms with Gasteiger partial charge in [0.05, 0.1) is 18.6 Å². The Morgan fingerprint density at radius 2 is 2.21 bits per heavy atom. The predicted molar refractivity (Wildman–Crippen MR) is 50.6 cm³/mol. The molecule has 0 unspecified atom stereocenters. The molecule has 2 heterocycles. The molecular formula is C8H6BrN3O2. The van der Waals surface area contributed by atoms with Crippen molar-refractivity contribution >= 4 is 15.9 Å². The fourth-order valence-corrected chi connectivity index (χ4v) is 1.04. The van der Waals surface area contributed by atoms with Crippen LogP contribution in [0.2, 0.25) is 0 Å². The lowest BCUT2D eigenvalue weighted by molar-refractivity contribution is 0.252. The van der Waals surface area contributed by atoms with Crippen molar-refractivity contribution in [3.8, 4) is 5.88 Å². The minimum atomic E-state index is 0.253. The molecule has 2 aromatic rings. The molecule has 0 aromatic carbocycles. The first-order valence-corrected chi connectivity index (χ1v) is 4.62. The quantitative estimate of drug-likeness (QED) is 0.837. The van der Waals surface area contributed by atoms with E-state index in [1.807, 2.05) is 0 Å². The zero-order chi connectivity index (χ0) is 9.80. The summed E-state index contributed by atoms with van der Waals surface area (Å²) in [6, 6.07) is 0. The molecule has 0 aliphatic rings. The van der Waals surface area contributed by atoms with E-state index in [2.05, 4.69) is 30.9 Å². The van der Waals surface area contributed by atoms with E-state index >= 15 is 0 Å². The summed E-state index contributed by atoms with van der Waals surface area (Å²) in [5.41, 5.74) is 0. The number of aromatic nitrogens is 3. The molecule has 72 valence electrons. The maximum absolute atomic E-state index is 5.25. The van der Waals surface area contributed by atoms with Crippen molar-refractivity contribution in [3.05, 3.63) is 35.3 Å². The van der Waals surface area contributed by atoms with E-state index in [1.165, 1.54) is 12.5 Å². The van der Waals surface area contributed by atoms with E-state index in [9.17, 15) is 0 Å². The molecule has 0 spiro atoms. The van der Waals surface area contributed by atoms with Crippen LogP contribution in [0.25, 0.3) is 0 Å². The molecule has 2 rings (SSSR count). The summed E-state index contributed by atoms with van der Waals surface area (Å²) in [5.74, 6) is 0.945. The Bertz CT molecular complexity index is 387. The zero-order valence-corrected chi connectivity index (χ0v) is 8.64. The highest BCUT2D eigenvalue weighted by atomic mass is 79.9. The van der Waals surface area contributed by atoms with Gasteiger partial charge in [-0.3, -0.25) is 0 Å². The van der Waals surface area contributed by atoms with Gasteiger partial charge in [-0.25, -0.2) is 15.0 Å². The van der Waals surface area contributed by atoms with Gasteiger partial charge in [0.1, 0.15) is 10.9 Å². The zero-order valence-electron chi connectivity index (χ0n) is 7.05. The molecule has 0 N–H and O–H groups in total. The van der Waals surface area contributed by atoms with E-state index in [-0.39, 0.29) is 6.61 Å². The van der Waals surface area contributed by atoms with Crippen molar-refractivity contribution in [1.82, 2.24) is 15.0 Å². The van der Waals surface area contributed by atoms with Gasteiger partial charge in [-0.05, 0) is 15.9 Å². The molecule has 0 bridgehead atoms. The van der Waals surface area contributed by atoms with E-state index < -0.39 is 0 Å². The summed E-state index contributed by atoms with van der Waals surface area (Å²) in [6.45, 7) is 0.253. The molecule has 0 atom stereocenters. The Morgan fingerprint density at radius 1 is 1.29 bits per heavy atom. The highest BCUT2D eigenvalue weighted by Gasteiger charge is 2.00. The SMILES string of the molecule is Brc1cnc(OCc2ncco2)cn1. The average molecular weight is 256 g/mol. The summed E-state index contributed by atoms with van der Waals surface area (Å²) >= 11 is 3.18. The van der Waals surface area contributed by atoms with Crippen molar-refractivity contribution in [2.24, 2.45) is 0 Å². The molecule has 0 aliphatic heterocycles. The number of nitrogens with zero attached hydrogens (tertiary/aromatic N) is 3. The first-order valence-electron chi connectivity index (χ1n) is 3.83. The molecule has 2 aromatic heterocycles. The second-order valence-electron chi connectivity index (χ2n) is 2.39. The second kappa shape index (κ2) is 4.19. The summed E-state index contributed by atoms with van der Waals surface area (Å²) < 4.78 is 10.9. The van der Waals surface area contributed by atoms with Crippen molar-refractivity contribution < 1.29 is 9.15 Å². The van der Waals surface area contributed by atoms with Crippen LogP contribution in [-0.2, 0) is 6.61 Å². The Kier molecular flexibility index (Phi) is 2.73. The second-order valence-corrected chi connectivity index (χ2v) is 3.20. The van der Waals surface area contributed by atoms with Crippen LogP contribution in [0.1, 0.15) is 5.89 Å². The van der Waals surface area contributed by atoms with Crippen molar-refractivity contribution in [2.75, 3.05) is 0 Å². The van der Waals surface area contributed by atoms with Crippen LogP contribution in [0.15, 0.2) is 33.9 Å². The van der Waals surface area contributed by atoms with Crippen LogP contribution in [0.5, 0.6) is 5.88 Å². The molecule has 5 nitrogen and oxygen atoms in total. The van der Waals surface area contributed by atoms with Crippen LogP contribution >= 0.6 is 15.9 Å². The van der Waals surface area contributed by atoms with E-state index in [0.29, 0.717) is 16.4 Å². The fraction of sp³-hybridized carbons (Fsp3) is 0.125. The first-order chi connectivity index (χ1) is 6.84. The lowest BCUT2D eigenvalue weighted by Crippen LogP contribution is -1.97. The maximum Gasteiger partial charge on any atom is 0.232 e. The number of hydrogen-bond donors (Lipinski definition) is 0. The monoisotopic (exact) mass is 255 g/mol. The van der Waals surface area contributed by atoms with Crippen LogP contribution in [0.4, 0.5) is 0 Å². The van der Waals surface area contributed by atoms with Crippen LogP contribution in [-0.4, -0.2) is 15.0 Å². The summed E-state index contributed by atoms with van der Waals surface area (Å²) in [6.07, 6.45) is 6.13. The Labute approximate surface area is 88.3 Å². The van der Waals surface area contributed by atoms with Crippen LogP contribution in [0, 0.1) is 0 Å². The minimum absolute atomic E-state index is 0.253. The van der Waals surface area contributed by atoms with Gasteiger partial charge >= 0.3 is 0 Å². The number of hydrogen-bond acceptors (Lipinski definition) is 5. The molecule has 0 fully saturated rings. The third kappa shape index (κ3) is 2.29. The average Bonchev–Trinajstić information content (AvgIpc) is 2.70. The topological polar surface area (TPSA) is 61.0 Å². The highest BCUT2D eigenvalue weighted by Crippen LogP contribution is 2.09. The van der Waals surface area contributed by atoms with E-state index in [0.717, 1.165) is 0 Å². The molecule has 0 amide bonds. The summed E-state index contributed by atoms with van der Waals surface area (Å²) in [7, 11) is 0. The van der Waals surface area contributed by atoms with Crippen LogP contribution in [0.3, 0.4) is 0 Å². The minimum Gasteiger partial charge on any atom is -0.467 e.